The predicted molar refractivity (Wildman–Crippen MR) is 101 cm³/mol. The van der Waals surface area contributed by atoms with Crippen molar-refractivity contribution in [2.24, 2.45) is 0 Å². The van der Waals surface area contributed by atoms with Crippen LogP contribution in [0.4, 0.5) is 28.0 Å². The Labute approximate surface area is 170 Å². The van der Waals surface area contributed by atoms with Crippen LogP contribution >= 0.6 is 0 Å². The summed E-state index contributed by atoms with van der Waals surface area (Å²) < 4.78 is 56.9. The first kappa shape index (κ1) is 21.4. The zero-order valence-corrected chi connectivity index (χ0v) is 16.0. The molecule has 160 valence electrons. The van der Waals surface area contributed by atoms with Gasteiger partial charge in [-0.25, -0.2) is 9.18 Å². The van der Waals surface area contributed by atoms with E-state index in [1.54, 1.807) is 29.2 Å². The number of alkyl halides is 3. The number of methoxy groups -OCH3 is 1. The molecule has 0 saturated carbocycles. The number of carbonyl (C=O) groups is 2. The molecule has 3 amide bonds. The Kier molecular flexibility index (Phi) is 6.14. The lowest BCUT2D eigenvalue weighted by molar-refractivity contribution is -0.139. The van der Waals surface area contributed by atoms with Crippen LogP contribution in [0.5, 0.6) is 5.75 Å². The molecule has 0 bridgehead atoms. The zero-order chi connectivity index (χ0) is 21.9. The smallest absolute Gasteiger partial charge is 0.419 e. The summed E-state index contributed by atoms with van der Waals surface area (Å²) in [5.41, 5.74) is -1.16. The first-order valence-electron chi connectivity index (χ1n) is 9.05. The molecular weight excluding hydrogens is 406 g/mol. The van der Waals surface area contributed by atoms with Gasteiger partial charge in [-0.3, -0.25) is 4.79 Å². The summed E-state index contributed by atoms with van der Waals surface area (Å²) in [4.78, 5) is 27.9. The van der Waals surface area contributed by atoms with Gasteiger partial charge in [-0.05, 0) is 36.4 Å². The highest BCUT2D eigenvalue weighted by Crippen LogP contribution is 2.33. The van der Waals surface area contributed by atoms with E-state index in [-0.39, 0.29) is 37.8 Å². The summed E-state index contributed by atoms with van der Waals surface area (Å²) in [5, 5.41) is 2.34. The van der Waals surface area contributed by atoms with Gasteiger partial charge >= 0.3 is 12.2 Å². The minimum atomic E-state index is -4.86. The normalized spacial score (nSPS) is 14.4. The van der Waals surface area contributed by atoms with E-state index >= 15 is 0 Å². The second-order valence-electron chi connectivity index (χ2n) is 6.63. The average Bonchev–Trinajstić information content (AvgIpc) is 2.74. The van der Waals surface area contributed by atoms with Gasteiger partial charge in [0.05, 0.1) is 12.7 Å². The molecule has 0 atom stereocenters. The minimum absolute atomic E-state index is 0.163. The Bertz CT molecular complexity index is 941. The molecule has 1 aliphatic heterocycles. The highest BCUT2D eigenvalue weighted by atomic mass is 19.4. The molecule has 2 aromatic rings. The first-order chi connectivity index (χ1) is 14.2. The van der Waals surface area contributed by atoms with Gasteiger partial charge in [-0.15, -0.1) is 0 Å². The van der Waals surface area contributed by atoms with Crippen LogP contribution in [0.15, 0.2) is 42.5 Å². The van der Waals surface area contributed by atoms with Crippen molar-refractivity contribution < 1.29 is 31.9 Å². The Morgan fingerprint density at radius 1 is 1.00 bits per heavy atom. The number of benzene rings is 2. The first-order valence-corrected chi connectivity index (χ1v) is 9.05. The summed E-state index contributed by atoms with van der Waals surface area (Å²) in [6, 6.07) is 8.35. The van der Waals surface area contributed by atoms with E-state index in [1.165, 1.54) is 12.0 Å². The number of carbonyl (C=O) groups excluding carboxylic acids is 2. The lowest BCUT2D eigenvalue weighted by Gasteiger charge is -2.34. The van der Waals surface area contributed by atoms with Gasteiger partial charge in [0, 0.05) is 37.4 Å². The molecule has 0 aromatic heterocycles. The predicted octanol–water partition coefficient (Wildman–Crippen LogP) is 3.84. The summed E-state index contributed by atoms with van der Waals surface area (Å²) >= 11 is 0. The summed E-state index contributed by atoms with van der Waals surface area (Å²) in [7, 11) is 1.50. The van der Waals surface area contributed by atoms with Crippen LogP contribution in [-0.2, 0) is 6.18 Å². The molecule has 0 aliphatic carbocycles. The Hall–Kier alpha value is -3.30. The van der Waals surface area contributed by atoms with Crippen LogP contribution in [0, 0.1) is 5.82 Å². The van der Waals surface area contributed by atoms with Crippen LogP contribution in [-0.4, -0.2) is 55.0 Å². The molecule has 1 saturated heterocycles. The summed E-state index contributed by atoms with van der Waals surface area (Å²) in [5.74, 6) is -1.07. The minimum Gasteiger partial charge on any atom is -0.497 e. The maximum atomic E-state index is 13.4. The Morgan fingerprint density at radius 3 is 2.30 bits per heavy atom. The van der Waals surface area contributed by atoms with Crippen LogP contribution < -0.4 is 10.1 Å². The van der Waals surface area contributed by atoms with Gasteiger partial charge in [0.15, 0.2) is 0 Å². The number of amides is 3. The van der Waals surface area contributed by atoms with Gasteiger partial charge in [0.1, 0.15) is 11.6 Å². The molecule has 0 unspecified atom stereocenters. The molecule has 1 aliphatic rings. The van der Waals surface area contributed by atoms with E-state index in [4.69, 9.17) is 4.74 Å². The maximum Gasteiger partial charge on any atom is 0.419 e. The van der Waals surface area contributed by atoms with E-state index in [0.717, 1.165) is 6.07 Å². The van der Waals surface area contributed by atoms with Gasteiger partial charge in [0.2, 0.25) is 0 Å². The number of nitrogens with zero attached hydrogens (tertiary/aromatic N) is 2. The van der Waals surface area contributed by atoms with Crippen LogP contribution in [0.1, 0.15) is 15.9 Å². The third-order valence-corrected chi connectivity index (χ3v) is 4.69. The SMILES string of the molecule is COc1cccc(C(=O)N2CCN(C(=O)Nc3ccc(F)c(C(F)(F)F)c3)CC2)c1. The van der Waals surface area contributed by atoms with Crippen LogP contribution in [0.2, 0.25) is 0 Å². The molecule has 30 heavy (non-hydrogen) atoms. The van der Waals surface area contributed by atoms with Crippen LogP contribution in [0.25, 0.3) is 0 Å². The molecule has 2 aromatic carbocycles. The van der Waals surface area contributed by atoms with E-state index in [1.807, 2.05) is 0 Å². The van der Waals surface area contributed by atoms with Gasteiger partial charge in [-0.2, -0.15) is 13.2 Å². The number of ether oxygens (including phenoxy) is 1. The molecule has 1 heterocycles. The van der Waals surface area contributed by atoms with Gasteiger partial charge in [-0.1, -0.05) is 6.07 Å². The molecule has 0 spiro atoms. The summed E-state index contributed by atoms with van der Waals surface area (Å²) in [6.45, 7) is 0.936. The van der Waals surface area contributed by atoms with Crippen molar-refractivity contribution in [2.75, 3.05) is 38.6 Å². The van der Waals surface area contributed by atoms with Crippen molar-refractivity contribution in [3.05, 3.63) is 59.4 Å². The molecular formula is C20H19F4N3O3. The molecule has 0 radical (unpaired) electrons. The zero-order valence-electron chi connectivity index (χ0n) is 16.0. The number of hydrogen-bond acceptors (Lipinski definition) is 3. The number of rotatable bonds is 3. The highest BCUT2D eigenvalue weighted by molar-refractivity contribution is 5.95. The average molecular weight is 425 g/mol. The van der Waals surface area contributed by atoms with Crippen molar-refractivity contribution >= 4 is 17.6 Å². The number of piperazine rings is 1. The molecule has 6 nitrogen and oxygen atoms in total. The molecule has 1 N–H and O–H groups in total. The fraction of sp³-hybridized carbons (Fsp3) is 0.300. The molecule has 3 rings (SSSR count). The van der Waals surface area contributed by atoms with Crippen molar-refractivity contribution in [1.82, 2.24) is 9.80 Å². The largest absolute Gasteiger partial charge is 0.497 e. The summed E-state index contributed by atoms with van der Waals surface area (Å²) in [6.07, 6.45) is -4.86. The fourth-order valence-electron chi connectivity index (χ4n) is 3.07. The Morgan fingerprint density at radius 2 is 1.67 bits per heavy atom. The maximum absolute atomic E-state index is 13.4. The van der Waals surface area contributed by atoms with Gasteiger partial charge < -0.3 is 19.9 Å². The lowest BCUT2D eigenvalue weighted by Crippen LogP contribution is -2.51. The quantitative estimate of drug-likeness (QED) is 0.761. The van der Waals surface area contributed by atoms with Crippen molar-refractivity contribution in [3.63, 3.8) is 0 Å². The van der Waals surface area contributed by atoms with E-state index < -0.39 is 23.6 Å². The third-order valence-electron chi connectivity index (χ3n) is 4.69. The number of anilines is 1. The van der Waals surface area contributed by atoms with E-state index in [2.05, 4.69) is 5.32 Å². The second-order valence-corrected chi connectivity index (χ2v) is 6.63. The van der Waals surface area contributed by atoms with Crippen molar-refractivity contribution in [1.29, 1.82) is 0 Å². The van der Waals surface area contributed by atoms with Crippen molar-refractivity contribution in [2.45, 2.75) is 6.18 Å². The number of halogens is 4. The second kappa shape index (κ2) is 8.60. The lowest BCUT2D eigenvalue weighted by atomic mass is 10.1. The monoisotopic (exact) mass is 425 g/mol. The standard InChI is InChI=1S/C20H19F4N3O3/c1-30-15-4-2-3-13(11-15)18(28)26-7-9-27(10-8-26)19(29)25-14-5-6-17(21)16(12-14)20(22,23)24/h2-6,11-12H,7-10H2,1H3,(H,25,29). The number of urea groups is 1. The fourth-order valence-corrected chi connectivity index (χ4v) is 3.07. The molecule has 10 heteroatoms. The third kappa shape index (κ3) is 4.81. The topological polar surface area (TPSA) is 61.9 Å². The Balaban J connectivity index is 1.60. The van der Waals surface area contributed by atoms with E-state index in [9.17, 15) is 27.2 Å². The van der Waals surface area contributed by atoms with Gasteiger partial charge in [0.25, 0.3) is 5.91 Å². The van der Waals surface area contributed by atoms with E-state index in [0.29, 0.717) is 23.4 Å². The number of nitrogens with one attached hydrogen (secondary N) is 1. The highest BCUT2D eigenvalue weighted by Gasteiger charge is 2.34. The van der Waals surface area contributed by atoms with Crippen molar-refractivity contribution in [3.8, 4) is 5.75 Å². The van der Waals surface area contributed by atoms with Crippen LogP contribution in [0.3, 0.4) is 0 Å². The number of hydrogen-bond donors (Lipinski definition) is 1. The molecule has 1 fully saturated rings.